The van der Waals surface area contributed by atoms with E-state index in [2.05, 4.69) is 177 Å². The van der Waals surface area contributed by atoms with Crippen molar-refractivity contribution in [1.29, 1.82) is 0 Å². The van der Waals surface area contributed by atoms with Crippen LogP contribution in [0.4, 0.5) is 0 Å². The number of hydrogen-bond acceptors (Lipinski definition) is 2. The second-order valence-corrected chi connectivity index (χ2v) is 17.7. The molecule has 0 N–H and O–H groups in total. The van der Waals surface area contributed by atoms with Gasteiger partial charge in [-0.05, 0) is 106 Å². The van der Waals surface area contributed by atoms with Crippen molar-refractivity contribution in [2.24, 2.45) is 10.8 Å². The summed E-state index contributed by atoms with van der Waals surface area (Å²) < 4.78 is 0. The minimum absolute atomic E-state index is 0.0246. The summed E-state index contributed by atoms with van der Waals surface area (Å²) in [5.41, 5.74) is 5.69. The van der Waals surface area contributed by atoms with E-state index in [9.17, 15) is 0 Å². The molecular weight excluding hydrogens is 609 g/mol. The number of hydrogen-bond donors (Lipinski definition) is 0. The third-order valence-corrected chi connectivity index (χ3v) is 14.7. The fraction of sp³-hybridized carbons (Fsp3) is 0.500. The van der Waals surface area contributed by atoms with Gasteiger partial charge in [-0.15, -0.1) is 0 Å². The summed E-state index contributed by atoms with van der Waals surface area (Å²) in [6, 6.07) is 44.8. The van der Waals surface area contributed by atoms with E-state index in [1.165, 1.54) is 22.3 Å². The molecule has 4 aromatic carbocycles. The lowest BCUT2D eigenvalue weighted by Crippen LogP contribution is -2.56. The van der Waals surface area contributed by atoms with Gasteiger partial charge in [-0.3, -0.25) is 0 Å². The van der Waals surface area contributed by atoms with Crippen LogP contribution in [0.3, 0.4) is 0 Å². The normalized spacial score (nSPS) is 19.3. The van der Waals surface area contributed by atoms with Crippen molar-refractivity contribution in [2.75, 3.05) is 0 Å². The molecule has 0 bridgehead atoms. The third kappa shape index (κ3) is 6.19. The molecule has 6 rings (SSSR count). The first kappa shape index (κ1) is 36.6. The van der Waals surface area contributed by atoms with E-state index in [0.717, 1.165) is 51.4 Å². The lowest BCUT2D eigenvalue weighted by atomic mass is 9.45. The molecule has 0 spiro atoms. The van der Waals surface area contributed by atoms with Crippen LogP contribution in [0.5, 0.6) is 0 Å². The smallest absolute Gasteiger partial charge is 0.0930 e. The van der Waals surface area contributed by atoms with Gasteiger partial charge in [0, 0.05) is 0 Å². The average Bonchev–Trinajstić information content (AvgIpc) is 3.15. The average molecular weight is 671 g/mol. The number of benzene rings is 4. The fourth-order valence-electron chi connectivity index (χ4n) is 11.1. The van der Waals surface area contributed by atoms with Gasteiger partial charge in [0.05, 0.1) is 12.2 Å². The molecule has 2 fully saturated rings. The molecule has 0 saturated heterocycles. The Balaban J connectivity index is 1.18. The summed E-state index contributed by atoms with van der Waals surface area (Å²) in [6.45, 7) is 19.8. The van der Waals surface area contributed by atoms with Crippen LogP contribution >= 0.6 is 0 Å². The molecule has 0 amide bonds. The van der Waals surface area contributed by atoms with Crippen molar-refractivity contribution >= 4 is 0 Å². The zero-order valence-corrected chi connectivity index (χ0v) is 32.2. The van der Waals surface area contributed by atoms with Gasteiger partial charge < -0.3 is 0 Å². The highest BCUT2D eigenvalue weighted by Gasteiger charge is 2.58. The van der Waals surface area contributed by atoms with Gasteiger partial charge in [0.1, 0.15) is 0 Å². The molecule has 2 aliphatic rings. The molecule has 0 atom stereocenters. The second kappa shape index (κ2) is 14.1. The van der Waals surface area contributed by atoms with Crippen LogP contribution < -0.4 is 0 Å². The highest BCUT2D eigenvalue weighted by atomic mass is 17.2. The molecule has 0 aromatic heterocycles. The van der Waals surface area contributed by atoms with Crippen molar-refractivity contribution in [1.82, 2.24) is 0 Å². The van der Waals surface area contributed by atoms with Gasteiger partial charge >= 0.3 is 0 Å². The first-order valence-electron chi connectivity index (χ1n) is 19.3. The summed E-state index contributed by atoms with van der Waals surface area (Å²) in [6.07, 6.45) is 8.63. The van der Waals surface area contributed by atoms with Gasteiger partial charge in [0.25, 0.3) is 0 Å². The Labute approximate surface area is 304 Å². The molecule has 2 saturated carbocycles. The highest BCUT2D eigenvalue weighted by molar-refractivity contribution is 5.37. The zero-order valence-electron chi connectivity index (χ0n) is 32.2. The Kier molecular flexibility index (Phi) is 10.3. The summed E-state index contributed by atoms with van der Waals surface area (Å²) in [7, 11) is 0. The van der Waals surface area contributed by atoms with E-state index in [1.54, 1.807) is 0 Å². The van der Waals surface area contributed by atoms with Crippen molar-refractivity contribution in [2.45, 2.75) is 141 Å². The first-order valence-corrected chi connectivity index (χ1v) is 19.3. The largest absolute Gasteiger partial charge is 0.233 e. The van der Waals surface area contributed by atoms with Crippen LogP contribution in [0.1, 0.15) is 129 Å². The summed E-state index contributed by atoms with van der Waals surface area (Å²) in [5, 5.41) is 0. The summed E-state index contributed by atoms with van der Waals surface area (Å²) >= 11 is 0. The van der Waals surface area contributed by atoms with E-state index < -0.39 is 0 Å². The van der Waals surface area contributed by atoms with Crippen molar-refractivity contribution in [3.63, 3.8) is 0 Å². The molecule has 2 heteroatoms. The molecule has 2 aliphatic carbocycles. The lowest BCUT2D eigenvalue weighted by Gasteiger charge is -2.60. The second-order valence-electron chi connectivity index (χ2n) is 17.7. The fourth-order valence-corrected chi connectivity index (χ4v) is 11.1. The first-order chi connectivity index (χ1) is 23.8. The van der Waals surface area contributed by atoms with Crippen molar-refractivity contribution in [3.05, 3.63) is 144 Å². The van der Waals surface area contributed by atoms with E-state index in [-0.39, 0.29) is 44.7 Å². The summed E-state index contributed by atoms with van der Waals surface area (Å²) in [5.74, 6) is 0. The van der Waals surface area contributed by atoms with Crippen LogP contribution in [0.2, 0.25) is 0 Å². The van der Waals surface area contributed by atoms with Crippen LogP contribution in [0.25, 0.3) is 0 Å². The van der Waals surface area contributed by atoms with E-state index in [0.29, 0.717) is 0 Å². The van der Waals surface area contributed by atoms with Gasteiger partial charge in [-0.2, -0.15) is 0 Å². The molecule has 0 unspecified atom stereocenters. The van der Waals surface area contributed by atoms with Gasteiger partial charge in [0.2, 0.25) is 0 Å². The van der Waals surface area contributed by atoms with Gasteiger partial charge in [0.15, 0.2) is 0 Å². The standard InChI is InChI=1S/C48H62O2/c1-43(2,37-21-13-9-14-22-37)47(44(3,4)38-23-15-10-16-24-38)33-29-41(30-34-47)49-50-42-31-35-48(36-32-42,45(5,6)39-25-17-11-18-26-39)46(7,8)40-27-19-12-20-28-40/h9-28,41-42H,29-36H2,1-8H3. The molecule has 4 aromatic rings. The van der Waals surface area contributed by atoms with E-state index in [1.807, 2.05) is 0 Å². The maximum atomic E-state index is 6.46. The van der Waals surface area contributed by atoms with Crippen LogP contribution in [-0.2, 0) is 31.4 Å². The maximum Gasteiger partial charge on any atom is 0.0930 e. The lowest BCUT2D eigenvalue weighted by molar-refractivity contribution is -0.364. The Bertz CT molecular complexity index is 1400. The molecular formula is C48H62O2. The van der Waals surface area contributed by atoms with E-state index in [4.69, 9.17) is 9.78 Å². The molecule has 266 valence electrons. The Morgan fingerprint density at radius 1 is 0.360 bits per heavy atom. The van der Waals surface area contributed by atoms with E-state index >= 15 is 0 Å². The maximum absolute atomic E-state index is 6.46. The number of rotatable bonds is 11. The minimum Gasteiger partial charge on any atom is -0.233 e. The Hall–Kier alpha value is -3.20. The third-order valence-electron chi connectivity index (χ3n) is 14.7. The minimum atomic E-state index is -0.0246. The van der Waals surface area contributed by atoms with Crippen LogP contribution in [-0.4, -0.2) is 12.2 Å². The Morgan fingerprint density at radius 2 is 0.560 bits per heavy atom. The predicted molar refractivity (Wildman–Crippen MR) is 209 cm³/mol. The molecule has 0 heterocycles. The molecule has 50 heavy (non-hydrogen) atoms. The molecule has 0 radical (unpaired) electrons. The monoisotopic (exact) mass is 670 g/mol. The Morgan fingerprint density at radius 3 is 0.760 bits per heavy atom. The van der Waals surface area contributed by atoms with Crippen molar-refractivity contribution < 1.29 is 9.78 Å². The van der Waals surface area contributed by atoms with Gasteiger partial charge in [-0.25, -0.2) is 9.78 Å². The predicted octanol–water partition coefficient (Wildman–Crippen LogP) is 12.7. The van der Waals surface area contributed by atoms with Crippen molar-refractivity contribution in [3.8, 4) is 0 Å². The quantitative estimate of drug-likeness (QED) is 0.117. The topological polar surface area (TPSA) is 18.5 Å². The van der Waals surface area contributed by atoms with Gasteiger partial charge in [-0.1, -0.05) is 177 Å². The highest BCUT2D eigenvalue weighted by Crippen LogP contribution is 2.63. The SMILES string of the molecule is CC(C)(c1ccccc1)C1(C(C)(C)c2ccccc2)CCC(OOC2CCC(C(C)(C)c3ccccc3)(C(C)(C)c3ccccc3)CC2)CC1. The molecule has 0 aliphatic heterocycles. The zero-order chi connectivity index (χ0) is 35.7. The van der Waals surface area contributed by atoms with Crippen LogP contribution in [0, 0.1) is 10.8 Å². The van der Waals surface area contributed by atoms with Crippen LogP contribution in [0.15, 0.2) is 121 Å². The molecule has 2 nitrogen and oxygen atoms in total. The summed E-state index contributed by atoms with van der Waals surface area (Å²) in [4.78, 5) is 12.9.